The van der Waals surface area contributed by atoms with Gasteiger partial charge in [-0.3, -0.25) is 4.79 Å². The number of nitrogens with one attached hydrogen (secondary N) is 1. The maximum atomic E-state index is 12.5. The molecule has 0 saturated carbocycles. The maximum Gasteiger partial charge on any atom is 0.254 e. The molecule has 15 heavy (non-hydrogen) atoms. The molecule has 0 bridgehead atoms. The molecule has 0 aliphatic heterocycles. The number of pyridine rings is 1. The van der Waals surface area contributed by atoms with Gasteiger partial charge in [0.25, 0.3) is 5.92 Å². The average molecular weight is 235 g/mol. The molecule has 1 heterocycles. The molecule has 0 spiro atoms. The van der Waals surface area contributed by atoms with E-state index in [1.54, 1.807) is 6.07 Å². The molecular weight excluding hydrogens is 226 g/mol. The van der Waals surface area contributed by atoms with Gasteiger partial charge in [0.1, 0.15) is 0 Å². The van der Waals surface area contributed by atoms with Gasteiger partial charge in [-0.2, -0.15) is 0 Å². The average Bonchev–Trinajstić information content (AvgIpc) is 2.05. The summed E-state index contributed by atoms with van der Waals surface area (Å²) < 4.78 is 24.9. The second-order valence-electron chi connectivity index (χ2n) is 3.13. The zero-order valence-corrected chi connectivity index (χ0v) is 8.68. The van der Waals surface area contributed by atoms with Crippen molar-refractivity contribution in [3.8, 4) is 0 Å². The maximum absolute atomic E-state index is 12.5. The van der Waals surface area contributed by atoms with Crippen LogP contribution in [0.25, 0.3) is 0 Å². The predicted molar refractivity (Wildman–Crippen MR) is 53.1 cm³/mol. The lowest BCUT2D eigenvalue weighted by Crippen LogP contribution is -2.22. The standard InChI is InChI=1S/C9H9ClF2N2O/c1-9(11,12)5-7(15)14-8-6(10)3-2-4-13-8/h2-4H,5H2,1H3,(H,13,14,15). The van der Waals surface area contributed by atoms with Gasteiger partial charge in [0, 0.05) is 6.20 Å². The third kappa shape index (κ3) is 4.20. The third-order valence-corrected chi connectivity index (χ3v) is 1.79. The molecule has 82 valence electrons. The largest absolute Gasteiger partial charge is 0.309 e. The zero-order chi connectivity index (χ0) is 11.5. The lowest BCUT2D eigenvalue weighted by Gasteiger charge is -2.10. The zero-order valence-electron chi connectivity index (χ0n) is 7.93. The van der Waals surface area contributed by atoms with E-state index < -0.39 is 18.3 Å². The van der Waals surface area contributed by atoms with E-state index in [0.29, 0.717) is 6.92 Å². The first-order valence-corrected chi connectivity index (χ1v) is 4.54. The van der Waals surface area contributed by atoms with E-state index >= 15 is 0 Å². The fraction of sp³-hybridized carbons (Fsp3) is 0.333. The number of rotatable bonds is 3. The number of carbonyl (C=O) groups is 1. The Morgan fingerprint density at radius 1 is 1.67 bits per heavy atom. The Balaban J connectivity index is 2.64. The van der Waals surface area contributed by atoms with E-state index in [9.17, 15) is 13.6 Å². The van der Waals surface area contributed by atoms with Crippen LogP contribution >= 0.6 is 11.6 Å². The summed E-state index contributed by atoms with van der Waals surface area (Å²) in [6.07, 6.45) is 0.519. The highest BCUT2D eigenvalue weighted by Gasteiger charge is 2.25. The van der Waals surface area contributed by atoms with Crippen LogP contribution in [0.1, 0.15) is 13.3 Å². The second kappa shape index (κ2) is 4.53. The summed E-state index contributed by atoms with van der Waals surface area (Å²) in [5.41, 5.74) is 0. The summed E-state index contributed by atoms with van der Waals surface area (Å²) in [5, 5.41) is 2.42. The van der Waals surface area contributed by atoms with Gasteiger partial charge < -0.3 is 5.32 Å². The number of carbonyl (C=O) groups excluding carboxylic acids is 1. The first-order valence-electron chi connectivity index (χ1n) is 4.17. The van der Waals surface area contributed by atoms with Crippen LogP contribution in [0.4, 0.5) is 14.6 Å². The second-order valence-corrected chi connectivity index (χ2v) is 3.54. The van der Waals surface area contributed by atoms with Crippen molar-refractivity contribution in [1.82, 2.24) is 4.98 Å². The minimum Gasteiger partial charge on any atom is -0.309 e. The molecule has 0 fully saturated rings. The normalized spacial score (nSPS) is 11.2. The lowest BCUT2D eigenvalue weighted by molar-refractivity contribution is -0.122. The molecule has 3 nitrogen and oxygen atoms in total. The van der Waals surface area contributed by atoms with Crippen molar-refractivity contribution in [1.29, 1.82) is 0 Å². The van der Waals surface area contributed by atoms with Crippen molar-refractivity contribution in [2.75, 3.05) is 5.32 Å². The molecule has 0 aromatic carbocycles. The van der Waals surface area contributed by atoms with Gasteiger partial charge in [0.05, 0.1) is 11.4 Å². The van der Waals surface area contributed by atoms with Crippen LogP contribution in [0, 0.1) is 0 Å². The van der Waals surface area contributed by atoms with Crippen molar-refractivity contribution >= 4 is 23.3 Å². The Kier molecular flexibility index (Phi) is 3.57. The number of aromatic nitrogens is 1. The summed E-state index contributed by atoms with van der Waals surface area (Å²) in [4.78, 5) is 14.8. The molecule has 0 aliphatic rings. The van der Waals surface area contributed by atoms with Crippen LogP contribution in [-0.2, 0) is 4.79 Å². The molecule has 0 atom stereocenters. The van der Waals surface area contributed by atoms with E-state index in [2.05, 4.69) is 10.3 Å². The summed E-state index contributed by atoms with van der Waals surface area (Å²) >= 11 is 5.67. The molecule has 0 radical (unpaired) electrons. The number of nitrogens with zero attached hydrogens (tertiary/aromatic N) is 1. The third-order valence-electron chi connectivity index (χ3n) is 1.49. The molecule has 0 aliphatic carbocycles. The molecule has 1 amide bonds. The Morgan fingerprint density at radius 3 is 2.87 bits per heavy atom. The molecule has 6 heteroatoms. The highest BCUT2D eigenvalue weighted by molar-refractivity contribution is 6.33. The molecule has 1 rings (SSSR count). The quantitative estimate of drug-likeness (QED) is 0.874. The minimum atomic E-state index is -3.04. The number of halogens is 3. The van der Waals surface area contributed by atoms with Gasteiger partial charge in [0.2, 0.25) is 5.91 Å². The van der Waals surface area contributed by atoms with Crippen molar-refractivity contribution in [2.24, 2.45) is 0 Å². The molecule has 1 aromatic heterocycles. The predicted octanol–water partition coefficient (Wildman–Crippen LogP) is 2.72. The topological polar surface area (TPSA) is 42.0 Å². The molecular formula is C9H9ClF2N2O. The SMILES string of the molecule is CC(F)(F)CC(=O)Nc1ncccc1Cl. The van der Waals surface area contributed by atoms with Gasteiger partial charge in [-0.25, -0.2) is 13.8 Å². The van der Waals surface area contributed by atoms with E-state index in [1.165, 1.54) is 12.3 Å². The van der Waals surface area contributed by atoms with Crippen LogP contribution < -0.4 is 5.32 Å². The van der Waals surface area contributed by atoms with E-state index in [0.717, 1.165) is 0 Å². The smallest absolute Gasteiger partial charge is 0.254 e. The van der Waals surface area contributed by atoms with E-state index in [4.69, 9.17) is 11.6 Å². The first-order chi connectivity index (χ1) is 6.88. The van der Waals surface area contributed by atoms with Crippen LogP contribution in [0.15, 0.2) is 18.3 Å². The van der Waals surface area contributed by atoms with E-state index in [-0.39, 0.29) is 10.8 Å². The van der Waals surface area contributed by atoms with Crippen molar-refractivity contribution in [3.63, 3.8) is 0 Å². The Labute approximate surface area is 90.5 Å². The number of alkyl halides is 2. The Hall–Kier alpha value is -1.23. The Morgan fingerprint density at radius 2 is 2.33 bits per heavy atom. The number of amides is 1. The fourth-order valence-corrected chi connectivity index (χ4v) is 1.10. The van der Waals surface area contributed by atoms with Gasteiger partial charge in [-0.05, 0) is 19.1 Å². The van der Waals surface area contributed by atoms with Crippen LogP contribution in [0.3, 0.4) is 0 Å². The van der Waals surface area contributed by atoms with Crippen molar-refractivity contribution < 1.29 is 13.6 Å². The highest BCUT2D eigenvalue weighted by atomic mass is 35.5. The monoisotopic (exact) mass is 234 g/mol. The lowest BCUT2D eigenvalue weighted by atomic mass is 10.2. The molecule has 0 saturated heterocycles. The minimum absolute atomic E-state index is 0.0911. The van der Waals surface area contributed by atoms with Gasteiger partial charge in [0.15, 0.2) is 5.82 Å². The Bertz CT molecular complexity index is 365. The van der Waals surface area contributed by atoms with Gasteiger partial charge in [-0.15, -0.1) is 0 Å². The van der Waals surface area contributed by atoms with E-state index in [1.807, 2.05) is 0 Å². The molecule has 0 unspecified atom stereocenters. The first kappa shape index (κ1) is 11.8. The van der Waals surface area contributed by atoms with Gasteiger partial charge >= 0.3 is 0 Å². The van der Waals surface area contributed by atoms with Gasteiger partial charge in [-0.1, -0.05) is 11.6 Å². The van der Waals surface area contributed by atoms with Crippen LogP contribution in [0.2, 0.25) is 5.02 Å². The summed E-state index contributed by atoms with van der Waals surface area (Å²) in [5.74, 6) is -3.76. The summed E-state index contributed by atoms with van der Waals surface area (Å²) in [6, 6.07) is 3.08. The fourth-order valence-electron chi connectivity index (χ4n) is 0.936. The number of hydrogen-bond donors (Lipinski definition) is 1. The summed E-state index contributed by atoms with van der Waals surface area (Å²) in [6.45, 7) is 0.673. The van der Waals surface area contributed by atoms with Crippen molar-refractivity contribution in [3.05, 3.63) is 23.4 Å². The van der Waals surface area contributed by atoms with Crippen LogP contribution in [-0.4, -0.2) is 16.8 Å². The highest BCUT2D eigenvalue weighted by Crippen LogP contribution is 2.20. The van der Waals surface area contributed by atoms with Crippen LogP contribution in [0.5, 0.6) is 0 Å². The molecule has 1 aromatic rings. The summed E-state index contributed by atoms with van der Waals surface area (Å²) in [7, 11) is 0. The number of hydrogen-bond acceptors (Lipinski definition) is 2. The number of anilines is 1. The molecule has 1 N–H and O–H groups in total. The van der Waals surface area contributed by atoms with Crippen molar-refractivity contribution in [2.45, 2.75) is 19.3 Å².